The van der Waals surface area contributed by atoms with Gasteiger partial charge in [0.2, 0.25) is 0 Å². The summed E-state index contributed by atoms with van der Waals surface area (Å²) in [6, 6.07) is 4.88. The van der Waals surface area contributed by atoms with E-state index in [0.29, 0.717) is 11.2 Å². The molecule has 0 spiro atoms. The van der Waals surface area contributed by atoms with Crippen LogP contribution in [0, 0.1) is 0 Å². The third-order valence-corrected chi connectivity index (χ3v) is 1.82. The van der Waals surface area contributed by atoms with Crippen LogP contribution in [0.5, 0.6) is 0 Å². The first-order valence-electron chi connectivity index (χ1n) is 3.02. The van der Waals surface area contributed by atoms with Crippen LogP contribution in [-0.4, -0.2) is 17.2 Å². The van der Waals surface area contributed by atoms with Crippen LogP contribution < -0.4 is 11.2 Å². The third kappa shape index (κ3) is 1.96. The summed E-state index contributed by atoms with van der Waals surface area (Å²) in [6.07, 6.45) is 0. The maximum absolute atomic E-state index is 8.76. The molecule has 0 saturated heterocycles. The van der Waals surface area contributed by atoms with Crippen LogP contribution in [0.2, 0.25) is 0 Å². The minimum absolute atomic E-state index is 0.327. The molecule has 0 heterocycles. The second-order valence-corrected chi connectivity index (χ2v) is 3.06. The second-order valence-electron chi connectivity index (χ2n) is 2.15. The summed E-state index contributed by atoms with van der Waals surface area (Å²) in [6.45, 7) is 0. The van der Waals surface area contributed by atoms with E-state index in [1.165, 1.54) is 0 Å². The zero-order valence-corrected chi connectivity index (χ0v) is 7.25. The van der Waals surface area contributed by atoms with Crippen LogP contribution in [0.1, 0.15) is 0 Å². The number of hydrogen-bond donors (Lipinski definition) is 3. The minimum atomic E-state index is -1.50. The Labute approximate surface area is 73.1 Å². The van der Waals surface area contributed by atoms with Gasteiger partial charge >= 0.3 is 7.12 Å². The summed E-state index contributed by atoms with van der Waals surface area (Å²) in [5.41, 5.74) is 6.17. The quantitative estimate of drug-likeness (QED) is 0.446. The number of anilines is 1. The molecule has 0 aliphatic rings. The van der Waals surface area contributed by atoms with Gasteiger partial charge in [0.1, 0.15) is 0 Å². The first-order chi connectivity index (χ1) is 5.11. The summed E-state index contributed by atoms with van der Waals surface area (Å²) in [4.78, 5) is 0. The Morgan fingerprint density at radius 1 is 1.36 bits per heavy atom. The monoisotopic (exact) mass is 215 g/mol. The summed E-state index contributed by atoms with van der Waals surface area (Å²) in [5.74, 6) is 0. The molecule has 0 atom stereocenters. The van der Waals surface area contributed by atoms with Gasteiger partial charge in [-0.1, -0.05) is 22.0 Å². The highest BCUT2D eigenvalue weighted by molar-refractivity contribution is 9.10. The smallest absolute Gasteiger partial charge is 0.423 e. The summed E-state index contributed by atoms with van der Waals surface area (Å²) in [7, 11) is -1.50. The molecule has 0 fully saturated rings. The fourth-order valence-electron chi connectivity index (χ4n) is 0.781. The molecule has 0 aromatic heterocycles. The zero-order valence-electron chi connectivity index (χ0n) is 5.66. The van der Waals surface area contributed by atoms with E-state index in [4.69, 9.17) is 15.8 Å². The molecule has 11 heavy (non-hydrogen) atoms. The molecular formula is C6H7BBrNO2. The first-order valence-corrected chi connectivity index (χ1v) is 3.81. The molecular weight excluding hydrogens is 209 g/mol. The van der Waals surface area contributed by atoms with Gasteiger partial charge in [0.15, 0.2) is 0 Å². The molecule has 0 aliphatic heterocycles. The molecule has 4 N–H and O–H groups in total. The van der Waals surface area contributed by atoms with Crippen LogP contribution in [-0.2, 0) is 0 Å². The summed E-state index contributed by atoms with van der Waals surface area (Å²) >= 11 is 3.20. The van der Waals surface area contributed by atoms with Crippen molar-refractivity contribution in [2.24, 2.45) is 0 Å². The van der Waals surface area contributed by atoms with E-state index in [9.17, 15) is 0 Å². The van der Waals surface area contributed by atoms with E-state index in [0.717, 1.165) is 4.47 Å². The Kier molecular flexibility index (Phi) is 2.54. The zero-order chi connectivity index (χ0) is 8.43. The number of rotatable bonds is 1. The van der Waals surface area contributed by atoms with Gasteiger partial charge in [-0.25, -0.2) is 0 Å². The molecule has 0 aliphatic carbocycles. The highest BCUT2D eigenvalue weighted by atomic mass is 79.9. The highest BCUT2D eigenvalue weighted by Crippen LogP contribution is 2.11. The van der Waals surface area contributed by atoms with Crippen LogP contribution in [0.3, 0.4) is 0 Å². The van der Waals surface area contributed by atoms with Crippen molar-refractivity contribution in [2.75, 3.05) is 5.73 Å². The van der Waals surface area contributed by atoms with E-state index in [2.05, 4.69) is 15.9 Å². The maximum atomic E-state index is 8.76. The average Bonchev–Trinajstić information content (AvgIpc) is 1.85. The fraction of sp³-hybridized carbons (Fsp3) is 0. The van der Waals surface area contributed by atoms with Gasteiger partial charge in [-0.2, -0.15) is 0 Å². The van der Waals surface area contributed by atoms with E-state index >= 15 is 0 Å². The van der Waals surface area contributed by atoms with Gasteiger partial charge in [0.05, 0.1) is 0 Å². The predicted molar refractivity (Wildman–Crippen MR) is 48.4 cm³/mol. The van der Waals surface area contributed by atoms with Crippen LogP contribution in [0.4, 0.5) is 5.69 Å². The second kappa shape index (κ2) is 3.25. The van der Waals surface area contributed by atoms with E-state index in [1.807, 2.05) is 0 Å². The van der Waals surface area contributed by atoms with E-state index < -0.39 is 7.12 Å². The molecule has 0 amide bonds. The third-order valence-electron chi connectivity index (χ3n) is 1.33. The van der Waals surface area contributed by atoms with Crippen molar-refractivity contribution in [2.45, 2.75) is 0 Å². The lowest BCUT2D eigenvalue weighted by molar-refractivity contribution is 0.426. The average molecular weight is 216 g/mol. The van der Waals surface area contributed by atoms with E-state index in [-0.39, 0.29) is 0 Å². The van der Waals surface area contributed by atoms with Crippen molar-refractivity contribution in [3.63, 3.8) is 0 Å². The Hall–Kier alpha value is -0.515. The number of benzene rings is 1. The summed E-state index contributed by atoms with van der Waals surface area (Å²) in [5, 5.41) is 17.5. The standard InChI is InChI=1S/C6H7BBrNO2/c8-4-1-2-5(7(10)11)6(9)3-4/h1-3,10-11H,9H2. The van der Waals surface area contributed by atoms with Gasteiger partial charge < -0.3 is 15.8 Å². The SMILES string of the molecule is Nc1cc(Br)ccc1B(O)O. The van der Waals surface area contributed by atoms with Crippen molar-refractivity contribution in [1.29, 1.82) is 0 Å². The van der Waals surface area contributed by atoms with Crippen molar-refractivity contribution in [1.82, 2.24) is 0 Å². The van der Waals surface area contributed by atoms with Gasteiger partial charge in [0, 0.05) is 15.6 Å². The van der Waals surface area contributed by atoms with E-state index in [1.54, 1.807) is 18.2 Å². The van der Waals surface area contributed by atoms with Gasteiger partial charge in [0.25, 0.3) is 0 Å². The first kappa shape index (κ1) is 8.58. The Balaban J connectivity index is 3.09. The van der Waals surface area contributed by atoms with Crippen molar-refractivity contribution < 1.29 is 10.0 Å². The van der Waals surface area contributed by atoms with Gasteiger partial charge in [-0.05, 0) is 12.1 Å². The van der Waals surface area contributed by atoms with Crippen molar-refractivity contribution in [3.05, 3.63) is 22.7 Å². The lowest BCUT2D eigenvalue weighted by atomic mass is 9.79. The number of nitrogen functional groups attached to an aromatic ring is 1. The number of hydrogen-bond acceptors (Lipinski definition) is 3. The van der Waals surface area contributed by atoms with Gasteiger partial charge in [-0.15, -0.1) is 0 Å². The lowest BCUT2D eigenvalue weighted by Crippen LogP contribution is -2.32. The number of halogens is 1. The fourth-order valence-corrected chi connectivity index (χ4v) is 1.16. The van der Waals surface area contributed by atoms with Crippen molar-refractivity contribution >= 4 is 34.2 Å². The number of nitrogens with two attached hydrogens (primary N) is 1. The Morgan fingerprint density at radius 3 is 2.45 bits per heavy atom. The molecule has 5 heteroatoms. The predicted octanol–water partition coefficient (Wildman–Crippen LogP) is -0.289. The lowest BCUT2D eigenvalue weighted by Gasteiger charge is -2.03. The molecule has 3 nitrogen and oxygen atoms in total. The largest absolute Gasteiger partial charge is 0.490 e. The van der Waals surface area contributed by atoms with Crippen LogP contribution in [0.15, 0.2) is 22.7 Å². The molecule has 0 bridgehead atoms. The van der Waals surface area contributed by atoms with Crippen LogP contribution in [0.25, 0.3) is 0 Å². The molecule has 0 unspecified atom stereocenters. The Bertz CT molecular complexity index is 267. The molecule has 0 saturated carbocycles. The Morgan fingerprint density at radius 2 is 2.00 bits per heavy atom. The molecule has 58 valence electrons. The highest BCUT2D eigenvalue weighted by Gasteiger charge is 2.13. The molecule has 1 aromatic carbocycles. The van der Waals surface area contributed by atoms with Crippen LogP contribution >= 0.6 is 15.9 Å². The summed E-state index contributed by atoms with van der Waals surface area (Å²) < 4.78 is 0.819. The van der Waals surface area contributed by atoms with Gasteiger partial charge in [-0.3, -0.25) is 0 Å². The molecule has 1 rings (SSSR count). The minimum Gasteiger partial charge on any atom is -0.423 e. The maximum Gasteiger partial charge on any atom is 0.490 e. The molecule has 1 aromatic rings. The normalized spacial score (nSPS) is 9.73. The van der Waals surface area contributed by atoms with Crippen molar-refractivity contribution in [3.8, 4) is 0 Å². The molecule has 0 radical (unpaired) electrons. The topological polar surface area (TPSA) is 66.5 Å².